The molecule has 0 aliphatic carbocycles. The summed E-state index contributed by atoms with van der Waals surface area (Å²) in [6.45, 7) is 26.9. The number of rotatable bonds is 9. The average Bonchev–Trinajstić information content (AvgIpc) is 3.39. The Hall–Kier alpha value is -2.79. The molecule has 2 aliphatic rings. The molecule has 0 radical (unpaired) electrons. The fourth-order valence-corrected chi connectivity index (χ4v) is 9.34. The van der Waals surface area contributed by atoms with E-state index in [1.54, 1.807) is 0 Å². The highest BCUT2D eigenvalue weighted by Crippen LogP contribution is 2.53. The number of benzene rings is 3. The van der Waals surface area contributed by atoms with Crippen LogP contribution in [0.4, 0.5) is 0 Å². The van der Waals surface area contributed by atoms with Crippen molar-refractivity contribution < 1.29 is 18.3 Å². The SMILES string of the molecule is CC(C)(C)[Si](C)(C)Oc1ccc2c(c1)OC(c1ccc(OCCN3CCCCC3)cc1)c1c-2sc2cc(O[Si](C)(C)C(C)(C)C)ccc12. The van der Waals surface area contributed by atoms with Gasteiger partial charge in [0.2, 0.25) is 16.6 Å². The molecule has 1 fully saturated rings. The van der Waals surface area contributed by atoms with Gasteiger partial charge < -0.3 is 18.3 Å². The molecular weight excluding hydrogens is 647 g/mol. The summed E-state index contributed by atoms with van der Waals surface area (Å²) in [6, 6.07) is 21.6. The maximum absolute atomic E-state index is 6.98. The fourth-order valence-electron chi connectivity index (χ4n) is 6.00. The Morgan fingerprint density at radius 3 is 1.96 bits per heavy atom. The zero-order valence-electron chi connectivity index (χ0n) is 30.8. The second-order valence-corrected chi connectivity index (χ2v) is 27.2. The quantitative estimate of drug-likeness (QED) is 0.162. The summed E-state index contributed by atoms with van der Waals surface area (Å²) < 4.78 is 27.9. The van der Waals surface area contributed by atoms with E-state index in [9.17, 15) is 0 Å². The van der Waals surface area contributed by atoms with E-state index >= 15 is 0 Å². The highest BCUT2D eigenvalue weighted by atomic mass is 32.1. The van der Waals surface area contributed by atoms with Crippen molar-refractivity contribution in [3.63, 3.8) is 0 Å². The van der Waals surface area contributed by atoms with Gasteiger partial charge in [-0.25, -0.2) is 0 Å². The van der Waals surface area contributed by atoms with Crippen molar-refractivity contribution in [2.45, 2.75) is 103 Å². The van der Waals surface area contributed by atoms with Crippen LogP contribution in [0.1, 0.15) is 78.0 Å². The van der Waals surface area contributed by atoms with Gasteiger partial charge in [0.15, 0.2) is 6.10 Å². The first-order valence-electron chi connectivity index (χ1n) is 17.7. The van der Waals surface area contributed by atoms with Gasteiger partial charge in [-0.1, -0.05) is 60.1 Å². The summed E-state index contributed by atoms with van der Waals surface area (Å²) in [6.07, 6.45) is 3.70. The van der Waals surface area contributed by atoms with Gasteiger partial charge in [-0.2, -0.15) is 0 Å². The molecule has 8 heteroatoms. The van der Waals surface area contributed by atoms with Crippen LogP contribution in [0.25, 0.3) is 20.5 Å². The molecule has 0 saturated carbocycles. The number of fused-ring (bicyclic) bond motifs is 5. The van der Waals surface area contributed by atoms with Crippen LogP contribution in [0.15, 0.2) is 60.7 Å². The molecule has 6 rings (SSSR count). The minimum Gasteiger partial charge on any atom is -0.543 e. The van der Waals surface area contributed by atoms with Crippen LogP contribution < -0.4 is 18.3 Å². The Morgan fingerprint density at radius 1 is 0.750 bits per heavy atom. The van der Waals surface area contributed by atoms with E-state index in [-0.39, 0.29) is 16.2 Å². The maximum atomic E-state index is 6.98. The van der Waals surface area contributed by atoms with E-state index in [0.717, 1.165) is 40.7 Å². The van der Waals surface area contributed by atoms with Crippen molar-refractivity contribution in [3.05, 3.63) is 71.8 Å². The van der Waals surface area contributed by atoms with Crippen molar-refractivity contribution in [3.8, 4) is 33.4 Å². The molecule has 3 aromatic carbocycles. The normalized spacial score (nSPS) is 17.4. The number of hydrogen-bond acceptors (Lipinski definition) is 6. The van der Waals surface area contributed by atoms with Gasteiger partial charge in [-0.3, -0.25) is 4.90 Å². The van der Waals surface area contributed by atoms with E-state index in [2.05, 4.69) is 133 Å². The van der Waals surface area contributed by atoms with Crippen LogP contribution in [-0.4, -0.2) is 47.8 Å². The Morgan fingerprint density at radius 2 is 1.33 bits per heavy atom. The molecule has 5 nitrogen and oxygen atoms in total. The van der Waals surface area contributed by atoms with Crippen molar-refractivity contribution in [1.29, 1.82) is 0 Å². The lowest BCUT2D eigenvalue weighted by atomic mass is 9.93. The number of thiophene rings is 1. The lowest BCUT2D eigenvalue weighted by Crippen LogP contribution is -2.43. The molecule has 258 valence electrons. The topological polar surface area (TPSA) is 40.2 Å². The number of hydrogen-bond donors (Lipinski definition) is 0. The molecule has 1 aromatic heterocycles. The summed E-state index contributed by atoms with van der Waals surface area (Å²) in [5.41, 5.74) is 3.45. The third kappa shape index (κ3) is 7.23. The van der Waals surface area contributed by atoms with Crippen LogP contribution in [0.2, 0.25) is 36.3 Å². The number of likely N-dealkylation sites (tertiary alicyclic amines) is 1. The minimum atomic E-state index is -2.02. The molecule has 3 heterocycles. The average molecular weight is 702 g/mol. The highest BCUT2D eigenvalue weighted by Gasteiger charge is 2.41. The van der Waals surface area contributed by atoms with Crippen LogP contribution in [0.5, 0.6) is 23.0 Å². The van der Waals surface area contributed by atoms with Crippen LogP contribution in [-0.2, 0) is 0 Å². The molecule has 0 bridgehead atoms. The smallest absolute Gasteiger partial charge is 0.250 e. The molecule has 1 unspecified atom stereocenters. The lowest BCUT2D eigenvalue weighted by Gasteiger charge is -2.37. The summed E-state index contributed by atoms with van der Waals surface area (Å²) >= 11 is 1.83. The summed E-state index contributed by atoms with van der Waals surface area (Å²) in [7, 11) is -4.00. The molecular formula is C40H55NO4SSi2. The predicted molar refractivity (Wildman–Crippen MR) is 208 cm³/mol. The first kappa shape index (κ1) is 35.1. The zero-order chi connectivity index (χ0) is 34.5. The Labute approximate surface area is 294 Å². The van der Waals surface area contributed by atoms with Gasteiger partial charge in [-0.05, 0) is 110 Å². The third-order valence-corrected chi connectivity index (χ3v) is 21.0. The molecule has 2 aliphatic heterocycles. The Kier molecular flexibility index (Phi) is 9.61. The highest BCUT2D eigenvalue weighted by molar-refractivity contribution is 7.22. The molecule has 4 aromatic rings. The second-order valence-electron chi connectivity index (χ2n) is 16.7. The Bertz CT molecular complexity index is 1740. The van der Waals surface area contributed by atoms with Crippen molar-refractivity contribution in [1.82, 2.24) is 4.90 Å². The van der Waals surface area contributed by atoms with E-state index < -0.39 is 16.6 Å². The number of nitrogens with zero attached hydrogens (tertiary/aromatic N) is 1. The van der Waals surface area contributed by atoms with Gasteiger partial charge in [-0.15, -0.1) is 11.3 Å². The van der Waals surface area contributed by atoms with E-state index in [1.807, 2.05) is 11.3 Å². The van der Waals surface area contributed by atoms with Crippen LogP contribution >= 0.6 is 11.3 Å². The van der Waals surface area contributed by atoms with Gasteiger partial charge in [0, 0.05) is 38.7 Å². The minimum absolute atomic E-state index is 0.104. The first-order valence-corrected chi connectivity index (χ1v) is 24.4. The fraction of sp³-hybridized carbons (Fsp3) is 0.500. The second kappa shape index (κ2) is 13.2. The summed E-state index contributed by atoms with van der Waals surface area (Å²) in [4.78, 5) is 3.77. The number of piperidine rings is 1. The first-order chi connectivity index (χ1) is 22.5. The predicted octanol–water partition coefficient (Wildman–Crippen LogP) is 11.7. The zero-order valence-corrected chi connectivity index (χ0v) is 33.6. The monoisotopic (exact) mass is 701 g/mol. The largest absolute Gasteiger partial charge is 0.543 e. The Balaban J connectivity index is 1.34. The molecule has 48 heavy (non-hydrogen) atoms. The van der Waals surface area contributed by atoms with Crippen LogP contribution in [0.3, 0.4) is 0 Å². The molecule has 0 N–H and O–H groups in total. The van der Waals surface area contributed by atoms with Gasteiger partial charge in [0.1, 0.15) is 29.6 Å². The van der Waals surface area contributed by atoms with E-state index in [0.29, 0.717) is 6.61 Å². The summed E-state index contributed by atoms with van der Waals surface area (Å²) in [5, 5.41) is 1.45. The number of ether oxygens (including phenoxy) is 2. The lowest BCUT2D eigenvalue weighted by molar-refractivity contribution is 0.183. The third-order valence-electron chi connectivity index (χ3n) is 11.1. The van der Waals surface area contributed by atoms with E-state index in [4.69, 9.17) is 18.3 Å². The molecule has 1 saturated heterocycles. The van der Waals surface area contributed by atoms with Gasteiger partial charge in [0.25, 0.3) is 0 Å². The van der Waals surface area contributed by atoms with Crippen LogP contribution in [0, 0.1) is 0 Å². The summed E-state index contributed by atoms with van der Waals surface area (Å²) in [5.74, 6) is 3.61. The van der Waals surface area contributed by atoms with Crippen molar-refractivity contribution in [2.75, 3.05) is 26.2 Å². The van der Waals surface area contributed by atoms with Crippen molar-refractivity contribution in [2.24, 2.45) is 0 Å². The molecule has 1 atom stereocenters. The van der Waals surface area contributed by atoms with E-state index in [1.165, 1.54) is 52.9 Å². The molecule has 0 amide bonds. The standard InChI is InChI=1S/C40H55NO4SSi2/c1-39(2,3)47(7,8)44-30-18-20-32-34(26-30)43-37(28-14-16-29(17-15-28)42-25-24-41-22-12-11-13-23-41)36-33-21-19-31(27-35(33)46-38(32)36)45-48(9,10)40(4,5)6/h14-21,26-27,37H,11-13,22-25H2,1-10H3. The maximum Gasteiger partial charge on any atom is 0.250 e. The van der Waals surface area contributed by atoms with Gasteiger partial charge >= 0.3 is 0 Å². The van der Waals surface area contributed by atoms with Crippen molar-refractivity contribution >= 4 is 38.1 Å². The van der Waals surface area contributed by atoms with Gasteiger partial charge in [0.05, 0.1) is 0 Å². The molecule has 0 spiro atoms.